The molecule has 0 radical (unpaired) electrons. The molecule has 1 heterocycles. The Labute approximate surface area is 126 Å². The van der Waals surface area contributed by atoms with E-state index in [0.717, 1.165) is 37.3 Å². The van der Waals surface area contributed by atoms with Crippen molar-refractivity contribution < 1.29 is 9.53 Å². The second kappa shape index (κ2) is 6.56. The van der Waals surface area contributed by atoms with Crippen LogP contribution in [0.4, 0.5) is 0 Å². The van der Waals surface area contributed by atoms with E-state index < -0.39 is 5.54 Å². The summed E-state index contributed by atoms with van der Waals surface area (Å²) in [6, 6.07) is 0.446. The predicted molar refractivity (Wildman–Crippen MR) is 80.0 cm³/mol. The first kappa shape index (κ1) is 15.9. The molecule has 6 nitrogen and oxygen atoms in total. The third-order valence-corrected chi connectivity index (χ3v) is 3.98. The molecule has 1 saturated carbocycles. The van der Waals surface area contributed by atoms with E-state index in [4.69, 9.17) is 4.74 Å². The summed E-state index contributed by atoms with van der Waals surface area (Å²) in [5.41, 5.74) is -0.654. The zero-order chi connectivity index (χ0) is 15.5. The zero-order valence-corrected chi connectivity index (χ0v) is 13.5. The number of carbonyl (C=O) groups excluding carboxylic acids is 1. The number of carbonyl (C=O) groups is 1. The predicted octanol–water partition coefficient (Wildman–Crippen LogP) is 1.48. The molecule has 1 aliphatic carbocycles. The molecule has 0 saturated heterocycles. The molecule has 1 unspecified atom stereocenters. The van der Waals surface area contributed by atoms with E-state index in [-0.39, 0.29) is 5.97 Å². The molecule has 118 valence electrons. The highest BCUT2D eigenvalue weighted by molar-refractivity contribution is 5.80. The summed E-state index contributed by atoms with van der Waals surface area (Å²) in [6.45, 7) is 6.70. The molecule has 1 N–H and O–H groups in total. The number of hydrogen-bond acceptors (Lipinski definition) is 5. The van der Waals surface area contributed by atoms with Crippen molar-refractivity contribution in [1.82, 2.24) is 20.1 Å². The summed E-state index contributed by atoms with van der Waals surface area (Å²) in [4.78, 5) is 16.6. The first-order valence-corrected chi connectivity index (χ1v) is 7.81. The minimum atomic E-state index is -0.654. The van der Waals surface area contributed by atoms with Crippen LogP contribution in [-0.4, -0.2) is 39.4 Å². The van der Waals surface area contributed by atoms with Crippen LogP contribution >= 0.6 is 0 Å². The van der Waals surface area contributed by atoms with Gasteiger partial charge in [-0.3, -0.25) is 10.1 Å². The number of aryl methyl sites for hydroxylation is 3. The number of nitrogens with one attached hydrogen (secondary N) is 1. The van der Waals surface area contributed by atoms with Gasteiger partial charge in [0.05, 0.1) is 7.11 Å². The van der Waals surface area contributed by atoms with Gasteiger partial charge in [-0.15, -0.1) is 0 Å². The van der Waals surface area contributed by atoms with E-state index in [1.807, 2.05) is 18.5 Å². The molecule has 6 heteroatoms. The molecule has 21 heavy (non-hydrogen) atoms. The fraction of sp³-hybridized carbons (Fsp3) is 0.800. The zero-order valence-electron chi connectivity index (χ0n) is 13.5. The van der Waals surface area contributed by atoms with Gasteiger partial charge in [0, 0.05) is 25.4 Å². The van der Waals surface area contributed by atoms with Crippen molar-refractivity contribution in [2.75, 3.05) is 7.11 Å². The highest BCUT2D eigenvalue weighted by Crippen LogP contribution is 2.25. The van der Waals surface area contributed by atoms with E-state index >= 15 is 0 Å². The van der Waals surface area contributed by atoms with Crippen LogP contribution < -0.4 is 5.32 Å². The second-order valence-corrected chi connectivity index (χ2v) is 5.87. The lowest BCUT2D eigenvalue weighted by Gasteiger charge is -2.28. The van der Waals surface area contributed by atoms with Gasteiger partial charge in [0.2, 0.25) is 0 Å². The molecule has 0 aromatic carbocycles. The highest BCUT2D eigenvalue weighted by Gasteiger charge is 2.39. The molecule has 0 amide bonds. The Morgan fingerprint density at radius 1 is 1.43 bits per heavy atom. The normalized spacial score (nSPS) is 17.5. The molecule has 1 aromatic rings. The van der Waals surface area contributed by atoms with Gasteiger partial charge < -0.3 is 4.74 Å². The summed E-state index contributed by atoms with van der Waals surface area (Å²) in [5, 5.41) is 7.92. The van der Waals surface area contributed by atoms with Gasteiger partial charge in [-0.05, 0) is 26.2 Å². The number of rotatable bonds is 8. The van der Waals surface area contributed by atoms with Crippen molar-refractivity contribution in [3.63, 3.8) is 0 Å². The molecule has 1 aromatic heterocycles. The summed E-state index contributed by atoms with van der Waals surface area (Å²) in [7, 11) is 1.44. The molecular formula is C15H26N4O2. The minimum absolute atomic E-state index is 0.205. The average Bonchev–Trinajstić information content (AvgIpc) is 3.20. The van der Waals surface area contributed by atoms with Crippen molar-refractivity contribution in [3.8, 4) is 0 Å². The monoisotopic (exact) mass is 294 g/mol. The number of methoxy groups -OCH3 is 1. The van der Waals surface area contributed by atoms with Gasteiger partial charge in [0.1, 0.15) is 11.4 Å². The number of esters is 1. The maximum Gasteiger partial charge on any atom is 0.325 e. The molecule has 0 aliphatic heterocycles. The van der Waals surface area contributed by atoms with Crippen LogP contribution in [0, 0.1) is 0 Å². The first-order valence-electron chi connectivity index (χ1n) is 7.81. The van der Waals surface area contributed by atoms with Crippen molar-refractivity contribution in [2.24, 2.45) is 0 Å². The number of aromatic nitrogens is 3. The molecule has 2 rings (SSSR count). The van der Waals surface area contributed by atoms with Gasteiger partial charge in [-0.2, -0.15) is 5.10 Å². The highest BCUT2D eigenvalue weighted by atomic mass is 16.5. The molecular weight excluding hydrogens is 268 g/mol. The van der Waals surface area contributed by atoms with Crippen LogP contribution in [0.1, 0.15) is 51.7 Å². The van der Waals surface area contributed by atoms with Crippen LogP contribution in [-0.2, 0) is 28.9 Å². The first-order chi connectivity index (χ1) is 10.0. The Morgan fingerprint density at radius 2 is 2.14 bits per heavy atom. The fourth-order valence-corrected chi connectivity index (χ4v) is 2.48. The van der Waals surface area contributed by atoms with Crippen LogP contribution in [0.15, 0.2) is 0 Å². The molecule has 1 fully saturated rings. The maximum absolute atomic E-state index is 12.1. The van der Waals surface area contributed by atoms with Gasteiger partial charge in [-0.1, -0.05) is 13.8 Å². The van der Waals surface area contributed by atoms with E-state index in [0.29, 0.717) is 19.0 Å². The number of nitrogens with zero attached hydrogens (tertiary/aromatic N) is 3. The van der Waals surface area contributed by atoms with Gasteiger partial charge in [-0.25, -0.2) is 9.67 Å². The third-order valence-electron chi connectivity index (χ3n) is 3.98. The largest absolute Gasteiger partial charge is 0.468 e. The quantitative estimate of drug-likeness (QED) is 0.735. The van der Waals surface area contributed by atoms with Gasteiger partial charge in [0.25, 0.3) is 0 Å². The maximum atomic E-state index is 12.1. The lowest BCUT2D eigenvalue weighted by Crippen LogP contribution is -2.51. The topological polar surface area (TPSA) is 69.0 Å². The Hall–Kier alpha value is -1.43. The summed E-state index contributed by atoms with van der Waals surface area (Å²) < 4.78 is 6.89. The van der Waals surface area contributed by atoms with Crippen LogP contribution in [0.5, 0.6) is 0 Å². The van der Waals surface area contributed by atoms with E-state index in [9.17, 15) is 4.79 Å². The van der Waals surface area contributed by atoms with E-state index in [1.54, 1.807) is 0 Å². The van der Waals surface area contributed by atoms with Crippen molar-refractivity contribution >= 4 is 5.97 Å². The van der Waals surface area contributed by atoms with Crippen molar-refractivity contribution in [2.45, 2.75) is 71.0 Å². The van der Waals surface area contributed by atoms with Gasteiger partial charge >= 0.3 is 5.97 Å². The minimum Gasteiger partial charge on any atom is -0.468 e. The van der Waals surface area contributed by atoms with Crippen molar-refractivity contribution in [3.05, 3.63) is 11.6 Å². The summed E-state index contributed by atoms with van der Waals surface area (Å²) in [6.07, 6.45) is 4.59. The lowest BCUT2D eigenvalue weighted by atomic mass is 9.97. The fourth-order valence-electron chi connectivity index (χ4n) is 2.48. The molecule has 0 spiro atoms. The van der Waals surface area contributed by atoms with Crippen LogP contribution in [0.25, 0.3) is 0 Å². The van der Waals surface area contributed by atoms with Crippen LogP contribution in [0.3, 0.4) is 0 Å². The SMILES string of the molecule is CCc1nc(CC)n(CCC(C)(NC2CC2)C(=O)OC)n1. The van der Waals surface area contributed by atoms with Gasteiger partial charge in [0.15, 0.2) is 5.82 Å². The summed E-state index contributed by atoms with van der Waals surface area (Å²) >= 11 is 0. The Morgan fingerprint density at radius 3 is 2.67 bits per heavy atom. The number of ether oxygens (including phenoxy) is 1. The average molecular weight is 294 g/mol. The Bertz CT molecular complexity index is 496. The molecule has 0 bridgehead atoms. The standard InChI is InChI=1S/C15H26N4O2/c1-5-12-16-13(6-2)19(18-12)10-9-15(3,14(20)21-4)17-11-7-8-11/h11,17H,5-10H2,1-4H3. The molecule has 1 atom stereocenters. The smallest absolute Gasteiger partial charge is 0.325 e. The second-order valence-electron chi connectivity index (χ2n) is 5.87. The molecule has 1 aliphatic rings. The van der Waals surface area contributed by atoms with E-state index in [1.165, 1.54) is 7.11 Å². The van der Waals surface area contributed by atoms with Crippen molar-refractivity contribution in [1.29, 1.82) is 0 Å². The third kappa shape index (κ3) is 3.81. The van der Waals surface area contributed by atoms with Crippen LogP contribution in [0.2, 0.25) is 0 Å². The summed E-state index contributed by atoms with van der Waals surface area (Å²) in [5.74, 6) is 1.63. The Kier molecular flexibility index (Phi) is 4.98. The Balaban J connectivity index is 2.06. The number of hydrogen-bond donors (Lipinski definition) is 1. The van der Waals surface area contributed by atoms with E-state index in [2.05, 4.69) is 22.3 Å². The lowest BCUT2D eigenvalue weighted by molar-refractivity contribution is -0.148.